The van der Waals surface area contributed by atoms with Gasteiger partial charge in [0.25, 0.3) is 0 Å². The molecule has 2 heteroatoms. The van der Waals surface area contributed by atoms with Crippen molar-refractivity contribution in [2.24, 2.45) is 46.3 Å². The number of hydrogen-bond acceptors (Lipinski definition) is 2. The summed E-state index contributed by atoms with van der Waals surface area (Å²) in [5.41, 5.74) is 1.21. The van der Waals surface area contributed by atoms with Crippen LogP contribution in [-0.2, 0) is 0 Å². The third kappa shape index (κ3) is 2.80. The van der Waals surface area contributed by atoms with E-state index >= 15 is 0 Å². The van der Waals surface area contributed by atoms with E-state index in [2.05, 4.69) is 27.4 Å². The van der Waals surface area contributed by atoms with Crippen LogP contribution in [0.3, 0.4) is 0 Å². The molecule has 0 radical (unpaired) electrons. The molecule has 0 aromatic rings. The van der Waals surface area contributed by atoms with E-state index in [1.165, 1.54) is 44.9 Å². The van der Waals surface area contributed by atoms with E-state index in [0.717, 1.165) is 36.2 Å². The fourth-order valence-electron chi connectivity index (χ4n) is 8.74. The highest BCUT2D eigenvalue weighted by Gasteiger charge is 2.61. The average molecular weight is 375 g/mol. The summed E-state index contributed by atoms with van der Waals surface area (Å²) in [5, 5.41) is 20.9. The third-order valence-corrected chi connectivity index (χ3v) is 10.6. The zero-order valence-corrected chi connectivity index (χ0v) is 18.1. The number of aliphatic hydroxyl groups is 2. The van der Waals surface area contributed by atoms with Crippen molar-refractivity contribution in [3.05, 3.63) is 12.2 Å². The number of fused-ring (bicyclic) bond motifs is 5. The lowest BCUT2D eigenvalue weighted by molar-refractivity contribution is -0.144. The van der Waals surface area contributed by atoms with Gasteiger partial charge in [0.15, 0.2) is 0 Å². The topological polar surface area (TPSA) is 40.5 Å². The molecule has 2 nitrogen and oxygen atoms in total. The fourth-order valence-corrected chi connectivity index (χ4v) is 8.74. The van der Waals surface area contributed by atoms with Crippen molar-refractivity contribution in [1.82, 2.24) is 0 Å². The van der Waals surface area contributed by atoms with E-state index in [1.807, 2.05) is 6.92 Å². The molecule has 4 aliphatic carbocycles. The molecule has 0 spiro atoms. The molecular formula is C25H42O2. The Morgan fingerprint density at radius 3 is 2.37 bits per heavy atom. The van der Waals surface area contributed by atoms with Crippen LogP contribution in [0.15, 0.2) is 12.2 Å². The quantitative estimate of drug-likeness (QED) is 0.633. The summed E-state index contributed by atoms with van der Waals surface area (Å²) in [4.78, 5) is 0. The molecule has 0 aliphatic heterocycles. The zero-order chi connectivity index (χ0) is 19.6. The van der Waals surface area contributed by atoms with Gasteiger partial charge >= 0.3 is 0 Å². The molecule has 0 aromatic carbocycles. The lowest BCUT2D eigenvalue weighted by Gasteiger charge is -2.62. The van der Waals surface area contributed by atoms with Crippen molar-refractivity contribution < 1.29 is 10.2 Å². The molecule has 0 aromatic heterocycles. The van der Waals surface area contributed by atoms with Gasteiger partial charge < -0.3 is 10.2 Å². The Labute approximate surface area is 166 Å². The highest BCUT2D eigenvalue weighted by atomic mass is 16.3. The molecule has 4 rings (SSSR count). The van der Waals surface area contributed by atoms with Crippen LogP contribution < -0.4 is 0 Å². The van der Waals surface area contributed by atoms with Crippen molar-refractivity contribution in [3.63, 3.8) is 0 Å². The van der Waals surface area contributed by atoms with Crippen LogP contribution in [0.2, 0.25) is 0 Å². The van der Waals surface area contributed by atoms with Gasteiger partial charge in [0, 0.05) is 6.61 Å². The van der Waals surface area contributed by atoms with Gasteiger partial charge in [-0.15, -0.1) is 0 Å². The molecule has 9 atom stereocenters. The molecule has 0 saturated heterocycles. The largest absolute Gasteiger partial charge is 0.396 e. The summed E-state index contributed by atoms with van der Waals surface area (Å²) < 4.78 is 0. The molecule has 0 amide bonds. The summed E-state index contributed by atoms with van der Waals surface area (Å²) >= 11 is 0. The molecule has 4 aliphatic rings. The van der Waals surface area contributed by atoms with E-state index in [0.29, 0.717) is 35.2 Å². The first kappa shape index (κ1) is 20.0. The standard InChI is InChI=1S/C25H42O2/c1-16(2)25(27)13-12-23(4)18(14-25)6-7-19-21-9-8-20(17(3)15-26)24(21,5)11-10-22(19)23/h17-22,26-27H,1,6-15H2,2-5H3/t17-,18-,19+,20-,21+,22+,23+,24-,25-/m1/s1. The van der Waals surface area contributed by atoms with E-state index < -0.39 is 5.60 Å². The summed E-state index contributed by atoms with van der Waals surface area (Å²) in [5.74, 6) is 4.38. The van der Waals surface area contributed by atoms with Gasteiger partial charge in [0.1, 0.15) is 0 Å². The molecule has 154 valence electrons. The molecule has 0 bridgehead atoms. The Morgan fingerprint density at radius 1 is 1.00 bits per heavy atom. The number of rotatable bonds is 3. The van der Waals surface area contributed by atoms with Crippen LogP contribution in [0.1, 0.15) is 85.5 Å². The van der Waals surface area contributed by atoms with Gasteiger partial charge in [0.2, 0.25) is 0 Å². The van der Waals surface area contributed by atoms with Crippen molar-refractivity contribution >= 4 is 0 Å². The first-order chi connectivity index (χ1) is 12.7. The Balaban J connectivity index is 1.57. The van der Waals surface area contributed by atoms with Gasteiger partial charge in [-0.25, -0.2) is 0 Å². The average Bonchev–Trinajstić information content (AvgIpc) is 2.99. The summed E-state index contributed by atoms with van der Waals surface area (Å²) in [6, 6.07) is 0. The van der Waals surface area contributed by atoms with Gasteiger partial charge in [-0.1, -0.05) is 27.4 Å². The van der Waals surface area contributed by atoms with Crippen LogP contribution in [0.5, 0.6) is 0 Å². The smallest absolute Gasteiger partial charge is 0.0854 e. The van der Waals surface area contributed by atoms with Crippen LogP contribution in [-0.4, -0.2) is 22.4 Å². The minimum atomic E-state index is -0.616. The Morgan fingerprint density at radius 2 is 1.70 bits per heavy atom. The molecular weight excluding hydrogens is 332 g/mol. The van der Waals surface area contributed by atoms with E-state index in [1.54, 1.807) is 0 Å². The predicted molar refractivity (Wildman–Crippen MR) is 111 cm³/mol. The van der Waals surface area contributed by atoms with Gasteiger partial charge in [-0.3, -0.25) is 0 Å². The monoisotopic (exact) mass is 374 g/mol. The molecule has 0 heterocycles. The SMILES string of the molecule is C=C(C)[C@@]1(O)CC[C@@]2(C)[C@H](CC[C@@H]3[C@@H]2CC[C@]2(C)[C@@H]([C@H](C)CO)CC[C@@H]32)C1. The first-order valence-electron chi connectivity index (χ1n) is 11.6. The van der Waals surface area contributed by atoms with Crippen LogP contribution in [0, 0.1) is 46.3 Å². The van der Waals surface area contributed by atoms with Crippen molar-refractivity contribution in [3.8, 4) is 0 Å². The Kier molecular flexibility index (Phi) is 4.87. The number of aliphatic hydroxyl groups excluding tert-OH is 1. The second-order valence-electron chi connectivity index (χ2n) is 11.6. The highest BCUT2D eigenvalue weighted by Crippen LogP contribution is 2.68. The second kappa shape index (κ2) is 6.59. The van der Waals surface area contributed by atoms with Crippen molar-refractivity contribution in [1.29, 1.82) is 0 Å². The molecule has 0 unspecified atom stereocenters. The van der Waals surface area contributed by atoms with Crippen molar-refractivity contribution in [2.45, 2.75) is 91.1 Å². The van der Waals surface area contributed by atoms with E-state index in [4.69, 9.17) is 0 Å². The third-order valence-electron chi connectivity index (χ3n) is 10.6. The zero-order valence-electron chi connectivity index (χ0n) is 18.1. The summed E-state index contributed by atoms with van der Waals surface area (Å²) in [7, 11) is 0. The predicted octanol–water partition coefficient (Wildman–Crippen LogP) is 5.58. The van der Waals surface area contributed by atoms with Crippen LogP contribution in [0.4, 0.5) is 0 Å². The lowest BCUT2D eigenvalue weighted by atomic mass is 9.43. The van der Waals surface area contributed by atoms with E-state index in [9.17, 15) is 10.2 Å². The maximum Gasteiger partial charge on any atom is 0.0854 e. The second-order valence-corrected chi connectivity index (χ2v) is 11.6. The number of hydrogen-bond donors (Lipinski definition) is 2. The minimum absolute atomic E-state index is 0.348. The lowest BCUT2D eigenvalue weighted by Crippen LogP contribution is -2.56. The van der Waals surface area contributed by atoms with Crippen LogP contribution >= 0.6 is 0 Å². The maximum atomic E-state index is 11.1. The fraction of sp³-hybridized carbons (Fsp3) is 0.920. The van der Waals surface area contributed by atoms with Gasteiger partial charge in [0.05, 0.1) is 5.60 Å². The summed E-state index contributed by atoms with van der Waals surface area (Å²) in [6.07, 6.45) is 11.1. The molecule has 27 heavy (non-hydrogen) atoms. The molecule has 4 fully saturated rings. The molecule has 2 N–H and O–H groups in total. The van der Waals surface area contributed by atoms with Gasteiger partial charge in [-0.2, -0.15) is 0 Å². The first-order valence-corrected chi connectivity index (χ1v) is 11.6. The normalized spacial score (nSPS) is 53.2. The Hall–Kier alpha value is -0.340. The summed E-state index contributed by atoms with van der Waals surface area (Å²) in [6.45, 7) is 13.9. The van der Waals surface area contributed by atoms with Gasteiger partial charge in [-0.05, 0) is 117 Å². The highest BCUT2D eigenvalue weighted by molar-refractivity contribution is 5.17. The maximum absolute atomic E-state index is 11.1. The molecule has 4 saturated carbocycles. The Bertz CT molecular complexity index is 599. The van der Waals surface area contributed by atoms with Crippen LogP contribution in [0.25, 0.3) is 0 Å². The van der Waals surface area contributed by atoms with Crippen molar-refractivity contribution in [2.75, 3.05) is 6.61 Å². The van der Waals surface area contributed by atoms with E-state index in [-0.39, 0.29) is 0 Å². The minimum Gasteiger partial charge on any atom is -0.396 e.